The molecule has 0 aromatic heterocycles. The minimum atomic E-state index is -0.546. The topological polar surface area (TPSA) is 89.1 Å². The van der Waals surface area contributed by atoms with Crippen LogP contribution in [0.15, 0.2) is 42.5 Å². The molecule has 2 aromatic rings. The Morgan fingerprint density at radius 3 is 2.48 bits per heavy atom. The third-order valence-corrected chi connectivity index (χ3v) is 6.10. The Morgan fingerprint density at radius 2 is 1.76 bits per heavy atom. The largest absolute Gasteiger partial charge is 0.497 e. The van der Waals surface area contributed by atoms with Crippen LogP contribution >= 0.6 is 0 Å². The van der Waals surface area contributed by atoms with E-state index < -0.39 is 6.03 Å². The maximum Gasteiger partial charge on any atom is 0.325 e. The summed E-state index contributed by atoms with van der Waals surface area (Å²) >= 11 is 0. The summed E-state index contributed by atoms with van der Waals surface area (Å²) in [6.07, 6.45) is 3.58. The SMILES string of the molecule is COc1ccc(CC2CCN(CCC(=O)NC(=O)Nc3ccc4c(c3)OCCO4)CC2)cc1. The lowest BCUT2D eigenvalue weighted by Gasteiger charge is -2.31. The third kappa shape index (κ3) is 6.61. The van der Waals surface area contributed by atoms with Gasteiger partial charge in [-0.1, -0.05) is 12.1 Å². The van der Waals surface area contributed by atoms with Gasteiger partial charge in [-0.3, -0.25) is 10.1 Å². The van der Waals surface area contributed by atoms with Crippen molar-refractivity contribution in [3.63, 3.8) is 0 Å². The fraction of sp³-hybridized carbons (Fsp3) is 0.440. The van der Waals surface area contributed by atoms with Crippen LogP contribution < -0.4 is 24.8 Å². The van der Waals surface area contributed by atoms with Gasteiger partial charge < -0.3 is 24.4 Å². The molecule has 0 aliphatic carbocycles. The van der Waals surface area contributed by atoms with Crippen molar-refractivity contribution in [3.8, 4) is 17.2 Å². The van der Waals surface area contributed by atoms with Crippen molar-refractivity contribution in [3.05, 3.63) is 48.0 Å². The number of fused-ring (bicyclic) bond motifs is 1. The molecule has 0 bridgehead atoms. The smallest absolute Gasteiger partial charge is 0.325 e. The van der Waals surface area contributed by atoms with Gasteiger partial charge in [-0.25, -0.2) is 4.79 Å². The van der Waals surface area contributed by atoms with Crippen molar-refractivity contribution in [2.45, 2.75) is 25.7 Å². The summed E-state index contributed by atoms with van der Waals surface area (Å²) in [5.41, 5.74) is 1.88. The van der Waals surface area contributed by atoms with Gasteiger partial charge in [0.05, 0.1) is 7.11 Å². The van der Waals surface area contributed by atoms with E-state index in [0.29, 0.717) is 42.9 Å². The van der Waals surface area contributed by atoms with E-state index >= 15 is 0 Å². The first kappa shape index (κ1) is 22.9. The summed E-state index contributed by atoms with van der Waals surface area (Å²) in [5, 5.41) is 5.07. The number of amides is 3. The number of piperidine rings is 1. The van der Waals surface area contributed by atoms with Crippen molar-refractivity contribution in [2.75, 3.05) is 45.3 Å². The molecule has 2 aliphatic heterocycles. The molecule has 8 heteroatoms. The second-order valence-corrected chi connectivity index (χ2v) is 8.45. The van der Waals surface area contributed by atoms with Crippen LogP contribution in [0.3, 0.4) is 0 Å². The number of rotatable bonds is 7. The lowest BCUT2D eigenvalue weighted by Crippen LogP contribution is -2.39. The van der Waals surface area contributed by atoms with E-state index in [-0.39, 0.29) is 12.3 Å². The Balaban J connectivity index is 1.14. The Morgan fingerprint density at radius 1 is 1.03 bits per heavy atom. The van der Waals surface area contributed by atoms with Crippen molar-refractivity contribution in [1.82, 2.24) is 10.2 Å². The van der Waals surface area contributed by atoms with E-state index in [9.17, 15) is 9.59 Å². The van der Waals surface area contributed by atoms with Crippen LogP contribution in [0.2, 0.25) is 0 Å². The van der Waals surface area contributed by atoms with Crippen LogP contribution in [0.25, 0.3) is 0 Å². The first-order valence-electron chi connectivity index (χ1n) is 11.4. The van der Waals surface area contributed by atoms with Gasteiger partial charge >= 0.3 is 6.03 Å². The third-order valence-electron chi connectivity index (χ3n) is 6.10. The van der Waals surface area contributed by atoms with Crippen molar-refractivity contribution in [2.24, 2.45) is 5.92 Å². The predicted octanol–water partition coefficient (Wildman–Crippen LogP) is 3.46. The number of carbonyl (C=O) groups is 2. The number of urea groups is 1. The van der Waals surface area contributed by atoms with Crippen molar-refractivity contribution < 1.29 is 23.8 Å². The van der Waals surface area contributed by atoms with Gasteiger partial charge in [-0.2, -0.15) is 0 Å². The van der Waals surface area contributed by atoms with Crippen LogP contribution in [0.4, 0.5) is 10.5 Å². The van der Waals surface area contributed by atoms with Crippen LogP contribution in [-0.4, -0.2) is 56.8 Å². The molecule has 2 heterocycles. The minimum Gasteiger partial charge on any atom is -0.497 e. The summed E-state index contributed by atoms with van der Waals surface area (Å²) < 4.78 is 16.2. The molecule has 4 rings (SSSR count). The van der Waals surface area contributed by atoms with E-state index in [1.54, 1.807) is 25.3 Å². The molecule has 0 spiro atoms. The van der Waals surface area contributed by atoms with Crippen LogP contribution in [0.5, 0.6) is 17.2 Å². The number of imide groups is 1. The molecule has 176 valence electrons. The van der Waals surface area contributed by atoms with Crippen molar-refractivity contribution >= 4 is 17.6 Å². The Hall–Kier alpha value is -3.26. The molecule has 33 heavy (non-hydrogen) atoms. The summed E-state index contributed by atoms with van der Waals surface area (Å²) in [5.74, 6) is 2.48. The standard InChI is InChI=1S/C25H31N3O5/c1-31-21-5-2-18(3-6-21)16-19-8-11-28(12-9-19)13-10-24(29)27-25(30)26-20-4-7-22-23(17-20)33-15-14-32-22/h2-7,17,19H,8-16H2,1H3,(H2,26,27,29,30). The highest BCUT2D eigenvalue weighted by molar-refractivity contribution is 6.01. The van der Waals surface area contributed by atoms with Gasteiger partial charge in [0.1, 0.15) is 19.0 Å². The molecule has 0 unspecified atom stereocenters. The molecular weight excluding hydrogens is 422 g/mol. The van der Waals surface area contributed by atoms with E-state index in [4.69, 9.17) is 14.2 Å². The Labute approximate surface area is 194 Å². The number of ether oxygens (including phenoxy) is 3. The highest BCUT2D eigenvalue weighted by Crippen LogP contribution is 2.32. The average Bonchev–Trinajstić information content (AvgIpc) is 2.84. The fourth-order valence-corrected chi connectivity index (χ4v) is 4.24. The average molecular weight is 454 g/mol. The molecule has 1 saturated heterocycles. The number of anilines is 1. The zero-order valence-corrected chi connectivity index (χ0v) is 19.0. The van der Waals surface area contributed by atoms with Crippen LogP contribution in [0.1, 0.15) is 24.8 Å². The molecule has 2 aromatic carbocycles. The van der Waals surface area contributed by atoms with Gasteiger partial charge in [0.2, 0.25) is 5.91 Å². The van der Waals surface area contributed by atoms with Crippen LogP contribution in [-0.2, 0) is 11.2 Å². The summed E-state index contributed by atoms with van der Waals surface area (Å²) in [6.45, 7) is 3.57. The highest BCUT2D eigenvalue weighted by atomic mass is 16.6. The molecular formula is C25H31N3O5. The van der Waals surface area contributed by atoms with E-state index in [0.717, 1.165) is 38.1 Å². The number of hydrogen-bond acceptors (Lipinski definition) is 6. The lowest BCUT2D eigenvalue weighted by atomic mass is 9.90. The van der Waals surface area contributed by atoms with Gasteiger partial charge in [-0.15, -0.1) is 0 Å². The minimum absolute atomic E-state index is 0.287. The number of nitrogens with one attached hydrogen (secondary N) is 2. The highest BCUT2D eigenvalue weighted by Gasteiger charge is 2.20. The number of carbonyl (C=O) groups excluding carboxylic acids is 2. The summed E-state index contributed by atoms with van der Waals surface area (Å²) in [7, 11) is 1.68. The van der Waals surface area contributed by atoms with Crippen LogP contribution in [0, 0.1) is 5.92 Å². The fourth-order valence-electron chi connectivity index (χ4n) is 4.24. The Bertz CT molecular complexity index is 955. The van der Waals surface area contributed by atoms with E-state index in [1.165, 1.54) is 5.56 Å². The lowest BCUT2D eigenvalue weighted by molar-refractivity contribution is -0.120. The van der Waals surface area contributed by atoms with Gasteiger partial charge in [0.15, 0.2) is 11.5 Å². The van der Waals surface area contributed by atoms with E-state index in [1.807, 2.05) is 12.1 Å². The molecule has 0 saturated carbocycles. The maximum absolute atomic E-state index is 12.2. The summed E-state index contributed by atoms with van der Waals surface area (Å²) in [6, 6.07) is 12.9. The zero-order valence-electron chi connectivity index (χ0n) is 19.0. The molecule has 2 aliphatic rings. The number of benzene rings is 2. The molecule has 3 amide bonds. The zero-order chi connectivity index (χ0) is 23.0. The van der Waals surface area contributed by atoms with Gasteiger partial charge in [0.25, 0.3) is 0 Å². The van der Waals surface area contributed by atoms with Gasteiger partial charge in [0, 0.05) is 24.7 Å². The molecule has 1 fully saturated rings. The molecule has 2 N–H and O–H groups in total. The summed E-state index contributed by atoms with van der Waals surface area (Å²) in [4.78, 5) is 26.7. The first-order valence-corrected chi connectivity index (χ1v) is 11.4. The predicted molar refractivity (Wildman–Crippen MR) is 125 cm³/mol. The number of nitrogens with zero attached hydrogens (tertiary/aromatic N) is 1. The van der Waals surface area contributed by atoms with Gasteiger partial charge in [-0.05, 0) is 68.1 Å². The number of hydrogen-bond donors (Lipinski definition) is 2. The first-order chi connectivity index (χ1) is 16.1. The monoisotopic (exact) mass is 453 g/mol. The van der Waals surface area contributed by atoms with E-state index in [2.05, 4.69) is 27.7 Å². The molecule has 0 atom stereocenters. The molecule has 8 nitrogen and oxygen atoms in total. The normalized spacial score (nSPS) is 16.2. The maximum atomic E-state index is 12.2. The quantitative estimate of drug-likeness (QED) is 0.668. The molecule has 0 radical (unpaired) electrons. The second kappa shape index (κ2) is 11.0. The van der Waals surface area contributed by atoms with Crippen molar-refractivity contribution in [1.29, 1.82) is 0 Å². The number of methoxy groups -OCH3 is 1. The second-order valence-electron chi connectivity index (χ2n) is 8.45. The Kier molecular flexibility index (Phi) is 7.67. The number of likely N-dealkylation sites (tertiary alicyclic amines) is 1.